The van der Waals surface area contributed by atoms with Crippen LogP contribution in [0.3, 0.4) is 0 Å². The van der Waals surface area contributed by atoms with Crippen LogP contribution in [0.4, 0.5) is 0 Å². The molecular weight excluding hydrogens is 192 g/mol. The molecule has 0 unspecified atom stereocenters. The van der Waals surface area contributed by atoms with Gasteiger partial charge in [-0.15, -0.1) is 0 Å². The van der Waals surface area contributed by atoms with Gasteiger partial charge in [-0.25, -0.2) is 13.4 Å². The lowest BCUT2D eigenvalue weighted by molar-refractivity contribution is 0.00134. The van der Waals surface area contributed by atoms with Gasteiger partial charge < -0.3 is 5.11 Å². The van der Waals surface area contributed by atoms with Crippen LogP contribution in [0, 0.1) is 0 Å². The molecule has 0 atom stereocenters. The summed E-state index contributed by atoms with van der Waals surface area (Å²) >= 11 is 0. The van der Waals surface area contributed by atoms with Gasteiger partial charge in [-0.2, -0.15) is 0 Å². The van der Waals surface area contributed by atoms with Crippen LogP contribution in [-0.2, 0) is 9.84 Å². The van der Waals surface area contributed by atoms with E-state index < -0.39 is 15.4 Å². The predicted octanol–water partition coefficient (Wildman–Crippen LogP) is -1.27. The van der Waals surface area contributed by atoms with Crippen LogP contribution in [0.1, 0.15) is 12.8 Å². The maximum atomic E-state index is 11.1. The van der Waals surface area contributed by atoms with E-state index in [1.807, 2.05) is 0 Å². The van der Waals surface area contributed by atoms with Crippen LogP contribution in [-0.4, -0.2) is 49.2 Å². The monoisotopic (exact) mass is 208 g/mol. The molecule has 0 bridgehead atoms. The van der Waals surface area contributed by atoms with E-state index >= 15 is 0 Å². The van der Waals surface area contributed by atoms with Gasteiger partial charge in [0, 0.05) is 13.6 Å². The minimum Gasteiger partial charge on any atom is -0.388 e. The number of likely N-dealkylation sites (N-methyl/N-ethyl adjacent to an activating group) is 1. The first-order chi connectivity index (χ1) is 5.83. The van der Waals surface area contributed by atoms with E-state index in [-0.39, 0.29) is 24.3 Å². The van der Waals surface area contributed by atoms with Crippen LogP contribution in [0.2, 0.25) is 0 Å². The summed E-state index contributed by atoms with van der Waals surface area (Å²) in [4.78, 5) is 0. The van der Waals surface area contributed by atoms with Crippen LogP contribution in [0.25, 0.3) is 0 Å². The second kappa shape index (κ2) is 3.53. The minimum absolute atomic E-state index is 0.0668. The molecule has 0 radical (unpaired) electrons. The first-order valence-corrected chi connectivity index (χ1v) is 6.04. The number of nitrogens with zero attached hydrogens (tertiary/aromatic N) is 1. The molecule has 1 saturated heterocycles. The molecule has 1 aliphatic rings. The van der Waals surface area contributed by atoms with Crippen LogP contribution >= 0.6 is 0 Å². The quantitative estimate of drug-likeness (QED) is 0.437. The summed E-state index contributed by atoms with van der Waals surface area (Å²) in [5, 5.41) is 11.3. The molecule has 78 valence electrons. The van der Waals surface area contributed by atoms with Crippen LogP contribution in [0.5, 0.6) is 0 Å². The molecule has 0 aliphatic carbocycles. The third kappa shape index (κ3) is 3.22. The number of aliphatic hydroxyl groups is 1. The maximum Gasteiger partial charge on any atom is 0.150 e. The Labute approximate surface area is 78.4 Å². The lowest BCUT2D eigenvalue weighted by Gasteiger charge is -2.33. The van der Waals surface area contributed by atoms with Gasteiger partial charge in [0.05, 0.1) is 17.1 Å². The van der Waals surface area contributed by atoms with Crippen molar-refractivity contribution in [1.29, 1.82) is 0 Å². The molecule has 0 aromatic rings. The molecular formula is C7H16N2O3S. The van der Waals surface area contributed by atoms with Crippen LogP contribution < -0.4 is 5.84 Å². The number of nitrogens with two attached hydrogens (primary N) is 1. The van der Waals surface area contributed by atoms with E-state index in [1.165, 1.54) is 5.01 Å². The highest BCUT2D eigenvalue weighted by molar-refractivity contribution is 7.91. The van der Waals surface area contributed by atoms with Gasteiger partial charge in [-0.3, -0.25) is 5.84 Å². The number of sulfone groups is 1. The van der Waals surface area contributed by atoms with Gasteiger partial charge in [0.15, 0.2) is 9.84 Å². The maximum absolute atomic E-state index is 11.1. The molecule has 1 heterocycles. The zero-order valence-corrected chi connectivity index (χ0v) is 8.55. The largest absolute Gasteiger partial charge is 0.388 e. The third-order valence-corrected chi connectivity index (χ3v) is 3.95. The Balaban J connectivity index is 2.56. The molecule has 0 amide bonds. The zero-order chi connectivity index (χ0) is 10.1. The Bertz CT molecular complexity index is 259. The summed E-state index contributed by atoms with van der Waals surface area (Å²) < 4.78 is 22.1. The van der Waals surface area contributed by atoms with Crippen molar-refractivity contribution in [1.82, 2.24) is 5.01 Å². The predicted molar refractivity (Wildman–Crippen MR) is 49.7 cm³/mol. The Kier molecular flexibility index (Phi) is 2.96. The SMILES string of the molecule is CN(N)CC1(O)CCS(=O)(=O)CC1. The number of hydrogen-bond acceptors (Lipinski definition) is 5. The van der Waals surface area contributed by atoms with Crippen molar-refractivity contribution in [3.05, 3.63) is 0 Å². The zero-order valence-electron chi connectivity index (χ0n) is 7.73. The van der Waals surface area contributed by atoms with Crippen molar-refractivity contribution in [2.75, 3.05) is 25.1 Å². The summed E-state index contributed by atoms with van der Waals surface area (Å²) in [7, 11) is -1.26. The lowest BCUT2D eigenvalue weighted by Crippen LogP contribution is -2.49. The minimum atomic E-state index is -2.91. The molecule has 13 heavy (non-hydrogen) atoms. The topological polar surface area (TPSA) is 83.6 Å². The molecule has 1 rings (SSSR count). The molecule has 6 heteroatoms. The first-order valence-electron chi connectivity index (χ1n) is 4.22. The molecule has 0 aromatic heterocycles. The third-order valence-electron chi connectivity index (χ3n) is 2.30. The van der Waals surface area contributed by atoms with Gasteiger partial charge in [-0.05, 0) is 12.8 Å². The van der Waals surface area contributed by atoms with E-state index in [0.717, 1.165) is 0 Å². The molecule has 5 nitrogen and oxygen atoms in total. The molecule has 1 aliphatic heterocycles. The van der Waals surface area contributed by atoms with E-state index in [4.69, 9.17) is 5.84 Å². The lowest BCUT2D eigenvalue weighted by atomic mass is 9.97. The number of hydrogen-bond donors (Lipinski definition) is 2. The van der Waals surface area contributed by atoms with Gasteiger partial charge in [-0.1, -0.05) is 0 Å². The van der Waals surface area contributed by atoms with Crippen LogP contribution in [0.15, 0.2) is 0 Å². The van der Waals surface area contributed by atoms with E-state index in [0.29, 0.717) is 6.54 Å². The Morgan fingerprint density at radius 1 is 1.46 bits per heavy atom. The molecule has 3 N–H and O–H groups in total. The fraction of sp³-hybridized carbons (Fsp3) is 1.00. The Morgan fingerprint density at radius 3 is 2.31 bits per heavy atom. The molecule has 1 fully saturated rings. The summed E-state index contributed by atoms with van der Waals surface area (Å²) in [5.41, 5.74) is -0.922. The molecule has 0 aromatic carbocycles. The number of rotatable bonds is 2. The van der Waals surface area contributed by atoms with Crippen molar-refractivity contribution < 1.29 is 13.5 Å². The standard InChI is InChI=1S/C7H16N2O3S/c1-9(8)6-7(10)2-4-13(11,12)5-3-7/h10H,2-6,8H2,1H3. The van der Waals surface area contributed by atoms with Crippen molar-refractivity contribution in [2.45, 2.75) is 18.4 Å². The Morgan fingerprint density at radius 2 is 1.92 bits per heavy atom. The van der Waals surface area contributed by atoms with Gasteiger partial charge >= 0.3 is 0 Å². The highest BCUT2D eigenvalue weighted by Gasteiger charge is 2.35. The highest BCUT2D eigenvalue weighted by Crippen LogP contribution is 2.23. The highest BCUT2D eigenvalue weighted by atomic mass is 32.2. The fourth-order valence-corrected chi connectivity index (χ4v) is 3.13. The van der Waals surface area contributed by atoms with Gasteiger partial charge in [0.1, 0.15) is 0 Å². The van der Waals surface area contributed by atoms with E-state index in [9.17, 15) is 13.5 Å². The summed E-state index contributed by atoms with van der Waals surface area (Å²) in [6.45, 7) is 0.322. The van der Waals surface area contributed by atoms with Crippen molar-refractivity contribution in [3.8, 4) is 0 Å². The normalized spacial score (nSPS) is 26.2. The second-order valence-corrected chi connectivity index (χ2v) is 6.09. The fourth-order valence-electron chi connectivity index (χ4n) is 1.54. The number of hydrazine groups is 1. The average molecular weight is 208 g/mol. The first kappa shape index (κ1) is 10.9. The summed E-state index contributed by atoms with van der Waals surface area (Å²) in [6.07, 6.45) is 0.577. The van der Waals surface area contributed by atoms with Gasteiger partial charge in [0.2, 0.25) is 0 Å². The van der Waals surface area contributed by atoms with Crippen molar-refractivity contribution in [3.63, 3.8) is 0 Å². The second-order valence-electron chi connectivity index (χ2n) is 3.79. The van der Waals surface area contributed by atoms with E-state index in [1.54, 1.807) is 7.05 Å². The van der Waals surface area contributed by atoms with Crippen molar-refractivity contribution in [2.24, 2.45) is 5.84 Å². The average Bonchev–Trinajstić information content (AvgIpc) is 1.95. The molecule has 0 saturated carbocycles. The van der Waals surface area contributed by atoms with E-state index in [2.05, 4.69) is 0 Å². The summed E-state index contributed by atoms with van der Waals surface area (Å²) in [5.74, 6) is 5.53. The Hall–Kier alpha value is -0.170. The van der Waals surface area contributed by atoms with Gasteiger partial charge in [0.25, 0.3) is 0 Å². The smallest absolute Gasteiger partial charge is 0.150 e. The van der Waals surface area contributed by atoms with Crippen molar-refractivity contribution >= 4 is 9.84 Å². The summed E-state index contributed by atoms with van der Waals surface area (Å²) in [6, 6.07) is 0. The molecule has 0 spiro atoms.